The highest BCUT2D eigenvalue weighted by Crippen LogP contribution is 2.39. The molecule has 0 spiro atoms. The van der Waals surface area contributed by atoms with E-state index in [1.54, 1.807) is 13.8 Å². The number of hydrogen-bond donors (Lipinski definition) is 1. The molecule has 0 bridgehead atoms. The number of ether oxygens (including phenoxy) is 2. The summed E-state index contributed by atoms with van der Waals surface area (Å²) >= 11 is 0. The van der Waals surface area contributed by atoms with Gasteiger partial charge in [0.05, 0.1) is 32.8 Å². The molecule has 110 valence electrons. The van der Waals surface area contributed by atoms with E-state index < -0.39 is 11.9 Å². The molecule has 2 aliphatic rings. The van der Waals surface area contributed by atoms with Crippen LogP contribution in [0.15, 0.2) is 30.3 Å². The van der Waals surface area contributed by atoms with E-state index in [4.69, 9.17) is 17.9 Å². The Hall–Kier alpha value is -2.56. The first-order chi connectivity index (χ1) is 10.9. The van der Waals surface area contributed by atoms with E-state index in [9.17, 15) is 9.59 Å². The average molecular weight is 289 g/mol. The first-order valence-corrected chi connectivity index (χ1v) is 6.59. The van der Waals surface area contributed by atoms with Crippen molar-refractivity contribution in [1.29, 1.82) is 0 Å². The summed E-state index contributed by atoms with van der Waals surface area (Å²) in [6, 6.07) is 4.31. The molecule has 0 heterocycles. The van der Waals surface area contributed by atoms with Gasteiger partial charge >= 0.3 is 11.9 Å². The highest BCUT2D eigenvalue weighted by molar-refractivity contribution is 6.15. The zero-order valence-electron chi connectivity index (χ0n) is 13.9. The second kappa shape index (κ2) is 6.26. The van der Waals surface area contributed by atoms with Crippen molar-refractivity contribution in [1.82, 2.24) is 0 Å². The number of esters is 2. The Morgan fingerprint density at radius 2 is 1.43 bits per heavy atom. The lowest BCUT2D eigenvalue weighted by molar-refractivity contribution is 0.0525. The molecular formula is C16H17NO4. The van der Waals surface area contributed by atoms with Gasteiger partial charge in [0.2, 0.25) is 0 Å². The lowest BCUT2D eigenvalue weighted by atomic mass is 10.1. The van der Waals surface area contributed by atoms with Gasteiger partial charge in [0.1, 0.15) is 0 Å². The molecule has 5 nitrogen and oxygen atoms in total. The number of fused-ring (bicyclic) bond motifs is 1. The van der Waals surface area contributed by atoms with E-state index in [1.165, 1.54) is 18.2 Å². The maximum Gasteiger partial charge on any atom is 0.340 e. The molecule has 2 rings (SSSR count). The Kier molecular flexibility index (Phi) is 3.64. The maximum atomic E-state index is 12.2. The molecular weight excluding hydrogens is 270 g/mol. The van der Waals surface area contributed by atoms with Crippen LogP contribution < -0.4 is 5.73 Å². The fourth-order valence-electron chi connectivity index (χ4n) is 2.07. The molecule has 0 aromatic heterocycles. The molecule has 0 amide bonds. The average Bonchev–Trinajstić information content (AvgIpc) is 2.73. The number of anilines is 1. The number of rotatable bonds is 4. The van der Waals surface area contributed by atoms with Crippen LogP contribution in [0.4, 0.5) is 5.69 Å². The van der Waals surface area contributed by atoms with E-state index in [0.717, 1.165) is 0 Å². The lowest BCUT2D eigenvalue weighted by Crippen LogP contribution is -2.09. The molecule has 21 heavy (non-hydrogen) atoms. The lowest BCUT2D eigenvalue weighted by Gasteiger charge is -2.03. The van der Waals surface area contributed by atoms with Gasteiger partial charge in [0.15, 0.2) is 0 Å². The van der Waals surface area contributed by atoms with Crippen molar-refractivity contribution in [3.63, 3.8) is 0 Å². The number of carbonyl (C=O) groups is 2. The van der Waals surface area contributed by atoms with E-state index in [0.29, 0.717) is 0 Å². The number of nitrogen functional groups attached to an aromatic ring is 1. The van der Waals surface area contributed by atoms with Crippen molar-refractivity contribution in [2.75, 3.05) is 18.9 Å². The Morgan fingerprint density at radius 1 is 1.00 bits per heavy atom. The van der Waals surface area contributed by atoms with Crippen LogP contribution in [-0.4, -0.2) is 25.2 Å². The topological polar surface area (TPSA) is 78.6 Å². The van der Waals surface area contributed by atoms with E-state index in [2.05, 4.69) is 0 Å². The second-order valence-corrected chi connectivity index (χ2v) is 4.17. The zero-order chi connectivity index (χ0) is 17.1. The minimum Gasteiger partial charge on any atom is -0.462 e. The molecule has 0 saturated carbocycles. The largest absolute Gasteiger partial charge is 0.462 e. The van der Waals surface area contributed by atoms with Gasteiger partial charge in [0, 0.05) is 0 Å². The molecule has 2 N–H and O–H groups in total. The molecule has 2 aliphatic carbocycles. The van der Waals surface area contributed by atoms with Gasteiger partial charge in [-0.1, -0.05) is 30.3 Å². The quantitative estimate of drug-likeness (QED) is 0.875. The Morgan fingerprint density at radius 3 is 1.81 bits per heavy atom. The van der Waals surface area contributed by atoms with Crippen LogP contribution in [0.5, 0.6) is 0 Å². The predicted molar refractivity (Wildman–Crippen MR) is 79.4 cm³/mol. The summed E-state index contributed by atoms with van der Waals surface area (Å²) in [6.45, 7) is 3.53. The highest BCUT2D eigenvalue weighted by Gasteiger charge is 2.30. The third kappa shape index (κ3) is 2.67. The fourth-order valence-corrected chi connectivity index (χ4v) is 2.07. The van der Waals surface area contributed by atoms with Crippen LogP contribution in [0.25, 0.3) is 11.1 Å². The van der Waals surface area contributed by atoms with E-state index in [1.807, 2.05) is 0 Å². The Bertz CT molecular complexity index is 687. The van der Waals surface area contributed by atoms with Crippen LogP contribution in [0.2, 0.25) is 0 Å². The van der Waals surface area contributed by atoms with Gasteiger partial charge in [-0.3, -0.25) is 0 Å². The summed E-state index contributed by atoms with van der Waals surface area (Å²) in [5, 5.41) is 0. The molecule has 0 atom stereocenters. The number of carbonyl (C=O) groups excluding carboxylic acids is 2. The first kappa shape index (κ1) is 12.2. The molecule has 0 saturated heterocycles. The van der Waals surface area contributed by atoms with Gasteiger partial charge < -0.3 is 15.2 Å². The minimum atomic E-state index is -0.732. The van der Waals surface area contributed by atoms with Crippen LogP contribution in [-0.2, 0) is 9.47 Å². The van der Waals surface area contributed by atoms with E-state index >= 15 is 0 Å². The van der Waals surface area contributed by atoms with Crippen molar-refractivity contribution < 1.29 is 21.8 Å². The molecule has 0 aliphatic heterocycles. The fraction of sp³-hybridized carbons (Fsp3) is 0.250. The number of hydrogen-bond acceptors (Lipinski definition) is 5. The highest BCUT2D eigenvalue weighted by atomic mass is 16.5. The van der Waals surface area contributed by atoms with Gasteiger partial charge in [-0.05, 0) is 25.0 Å². The summed E-state index contributed by atoms with van der Waals surface area (Å²) in [7, 11) is 0. The Balaban J connectivity index is 2.86. The summed E-state index contributed by atoms with van der Waals surface area (Å²) in [5.74, 6) is -1.46. The molecule has 0 unspecified atom stereocenters. The first-order valence-electron chi connectivity index (χ1n) is 7.59. The summed E-state index contributed by atoms with van der Waals surface area (Å²) in [4.78, 5) is 24.5. The monoisotopic (exact) mass is 289 g/mol. The molecule has 5 heteroatoms. The molecule has 0 aromatic rings. The zero-order valence-corrected chi connectivity index (χ0v) is 11.9. The van der Waals surface area contributed by atoms with Crippen LogP contribution in [0.3, 0.4) is 0 Å². The van der Waals surface area contributed by atoms with Gasteiger partial charge in [-0.25, -0.2) is 9.59 Å². The number of nitrogens with two attached hydrogens (primary N) is 1. The third-order valence-electron chi connectivity index (χ3n) is 2.90. The predicted octanol–water partition coefficient (Wildman–Crippen LogP) is 2.73. The van der Waals surface area contributed by atoms with Crippen LogP contribution >= 0.6 is 0 Å². The standard InChI is InChI=1S/C16H17NO4/c1-3-20-15(18)12-10-8-6-5-7-9-11(10)13(14(12)17)16(19)21-4-2/h5-9H,3-4,17H2,1-2H3/i8D,9D. The van der Waals surface area contributed by atoms with Crippen molar-refractivity contribution in [3.05, 3.63) is 41.4 Å². The van der Waals surface area contributed by atoms with Gasteiger partial charge in [-0.2, -0.15) is 0 Å². The SMILES string of the molecule is [2H]c1cccc([2H])c2c(C(=O)OCC)c(N)c(C(=O)OCC)c1-2. The van der Waals surface area contributed by atoms with Crippen molar-refractivity contribution in [3.8, 4) is 11.1 Å². The normalized spacial score (nSPS) is 11.7. The third-order valence-corrected chi connectivity index (χ3v) is 2.90. The molecule has 0 fully saturated rings. The minimum absolute atomic E-state index is 0.0243. The maximum absolute atomic E-state index is 12.2. The van der Waals surface area contributed by atoms with E-state index in [-0.39, 0.29) is 53.2 Å². The smallest absolute Gasteiger partial charge is 0.340 e. The van der Waals surface area contributed by atoms with Crippen LogP contribution in [0, 0.1) is 0 Å². The van der Waals surface area contributed by atoms with Crippen molar-refractivity contribution in [2.45, 2.75) is 13.8 Å². The Labute approximate surface area is 125 Å². The molecule has 0 radical (unpaired) electrons. The van der Waals surface area contributed by atoms with Gasteiger partial charge in [0.25, 0.3) is 0 Å². The summed E-state index contributed by atoms with van der Waals surface area (Å²) in [5.41, 5.74) is 5.98. The second-order valence-electron chi connectivity index (χ2n) is 4.17. The summed E-state index contributed by atoms with van der Waals surface area (Å²) in [6.07, 6.45) is 0. The van der Waals surface area contributed by atoms with Crippen molar-refractivity contribution in [2.24, 2.45) is 0 Å². The molecule has 0 aromatic carbocycles. The van der Waals surface area contributed by atoms with Crippen LogP contribution in [0.1, 0.15) is 37.3 Å². The van der Waals surface area contributed by atoms with Gasteiger partial charge in [-0.15, -0.1) is 0 Å². The van der Waals surface area contributed by atoms with Crippen molar-refractivity contribution >= 4 is 17.6 Å². The summed E-state index contributed by atoms with van der Waals surface area (Å²) < 4.78 is 26.2.